The molecule has 0 radical (unpaired) electrons. The van der Waals surface area contributed by atoms with Crippen LogP contribution in [0, 0.1) is 0 Å². The van der Waals surface area contributed by atoms with E-state index in [1.807, 2.05) is 44.2 Å². The molecule has 2 aromatic rings. The Morgan fingerprint density at radius 1 is 1.32 bits per heavy atom. The Kier molecular flexibility index (Phi) is 5.97. The number of carbonyl (C=O) groups excluding carboxylic acids is 1. The molecule has 1 heterocycles. The number of hydrogen-bond acceptors (Lipinski definition) is 4. The molecule has 0 unspecified atom stereocenters. The molecule has 118 valence electrons. The van der Waals surface area contributed by atoms with Gasteiger partial charge in [-0.05, 0) is 20.3 Å². The van der Waals surface area contributed by atoms with Crippen molar-refractivity contribution in [1.82, 2.24) is 10.5 Å². The van der Waals surface area contributed by atoms with Crippen LogP contribution < -0.4 is 10.6 Å². The van der Waals surface area contributed by atoms with Gasteiger partial charge in [-0.3, -0.25) is 5.32 Å². The smallest absolute Gasteiger partial charge is 0.320 e. The zero-order valence-corrected chi connectivity index (χ0v) is 12.8. The first-order valence-corrected chi connectivity index (χ1v) is 7.34. The van der Waals surface area contributed by atoms with Crippen LogP contribution in [0.5, 0.6) is 0 Å². The Morgan fingerprint density at radius 3 is 2.82 bits per heavy atom. The first-order chi connectivity index (χ1) is 10.6. The summed E-state index contributed by atoms with van der Waals surface area (Å²) in [5.41, 5.74) is 0.911. The molecule has 2 N–H and O–H groups in total. The van der Waals surface area contributed by atoms with E-state index in [1.165, 1.54) is 0 Å². The molecule has 0 atom stereocenters. The van der Waals surface area contributed by atoms with Crippen LogP contribution in [-0.4, -0.2) is 30.4 Å². The average molecular weight is 303 g/mol. The normalized spacial score (nSPS) is 10.7. The minimum atomic E-state index is -0.308. The maximum atomic E-state index is 11.7. The number of benzene rings is 1. The topological polar surface area (TPSA) is 76.4 Å². The van der Waals surface area contributed by atoms with E-state index < -0.39 is 0 Å². The molecule has 0 aliphatic heterocycles. The van der Waals surface area contributed by atoms with Crippen LogP contribution in [0.1, 0.15) is 20.3 Å². The third kappa shape index (κ3) is 5.21. The lowest BCUT2D eigenvalue weighted by Gasteiger charge is -2.08. The molecule has 2 rings (SSSR count). The fourth-order valence-electron chi connectivity index (χ4n) is 1.83. The van der Waals surface area contributed by atoms with Gasteiger partial charge in [0.1, 0.15) is 0 Å². The number of amides is 2. The van der Waals surface area contributed by atoms with Crippen molar-refractivity contribution in [2.24, 2.45) is 0 Å². The summed E-state index contributed by atoms with van der Waals surface area (Å²) in [5, 5.41) is 9.21. The molecule has 0 saturated heterocycles. The molecule has 0 bridgehead atoms. The number of nitrogens with one attached hydrogen (secondary N) is 2. The minimum Gasteiger partial charge on any atom is -0.379 e. The predicted octanol–water partition coefficient (Wildman–Crippen LogP) is 3.28. The number of rotatable bonds is 7. The van der Waals surface area contributed by atoms with Gasteiger partial charge in [-0.1, -0.05) is 35.5 Å². The Hall–Kier alpha value is -2.34. The van der Waals surface area contributed by atoms with Gasteiger partial charge in [-0.25, -0.2) is 4.79 Å². The molecule has 0 spiro atoms. The van der Waals surface area contributed by atoms with Crippen LogP contribution in [0.15, 0.2) is 40.9 Å². The lowest BCUT2D eigenvalue weighted by Crippen LogP contribution is -2.30. The summed E-state index contributed by atoms with van der Waals surface area (Å²) in [6.07, 6.45) is 0.972. The highest BCUT2D eigenvalue weighted by Crippen LogP contribution is 2.21. The van der Waals surface area contributed by atoms with Crippen LogP contribution in [0.3, 0.4) is 0 Å². The molecular formula is C16H21N3O3. The summed E-state index contributed by atoms with van der Waals surface area (Å²) in [6, 6.07) is 11.0. The molecule has 6 nitrogen and oxygen atoms in total. The highest BCUT2D eigenvalue weighted by Gasteiger charge is 2.08. The first-order valence-electron chi connectivity index (χ1n) is 7.34. The van der Waals surface area contributed by atoms with E-state index in [1.54, 1.807) is 6.07 Å². The van der Waals surface area contributed by atoms with Gasteiger partial charge in [0.15, 0.2) is 11.6 Å². The minimum absolute atomic E-state index is 0.209. The second kappa shape index (κ2) is 8.19. The van der Waals surface area contributed by atoms with Gasteiger partial charge in [0, 0.05) is 24.8 Å². The van der Waals surface area contributed by atoms with Gasteiger partial charge in [0.25, 0.3) is 0 Å². The molecule has 2 amide bonds. The molecule has 0 aliphatic carbocycles. The summed E-state index contributed by atoms with van der Waals surface area (Å²) in [7, 11) is 0. The lowest BCUT2D eigenvalue weighted by atomic mass is 10.2. The number of urea groups is 1. The standard InChI is InChI=1S/C16H21N3O3/c1-12(2)21-10-6-9-17-16(20)18-15-11-14(22-19-15)13-7-4-3-5-8-13/h3-5,7-8,11-12H,6,9-10H2,1-2H3,(H2,17,18,19,20). The van der Waals surface area contributed by atoms with E-state index in [-0.39, 0.29) is 12.1 Å². The third-order valence-electron chi connectivity index (χ3n) is 2.87. The van der Waals surface area contributed by atoms with E-state index in [0.717, 1.165) is 12.0 Å². The second-order valence-corrected chi connectivity index (χ2v) is 5.10. The number of nitrogens with zero attached hydrogens (tertiary/aromatic N) is 1. The lowest BCUT2D eigenvalue weighted by molar-refractivity contribution is 0.0775. The van der Waals surface area contributed by atoms with E-state index >= 15 is 0 Å². The molecule has 1 aromatic heterocycles. The zero-order valence-electron chi connectivity index (χ0n) is 12.8. The van der Waals surface area contributed by atoms with Crippen molar-refractivity contribution in [2.75, 3.05) is 18.5 Å². The first kappa shape index (κ1) is 16.0. The largest absolute Gasteiger partial charge is 0.379 e. The summed E-state index contributed by atoms with van der Waals surface area (Å²) >= 11 is 0. The highest BCUT2D eigenvalue weighted by molar-refractivity contribution is 5.88. The average Bonchev–Trinajstić information content (AvgIpc) is 2.96. The van der Waals surface area contributed by atoms with Crippen molar-refractivity contribution < 1.29 is 14.1 Å². The van der Waals surface area contributed by atoms with Gasteiger partial charge in [0.2, 0.25) is 0 Å². The number of aromatic nitrogens is 1. The number of hydrogen-bond donors (Lipinski definition) is 2. The van der Waals surface area contributed by atoms with Gasteiger partial charge in [-0.15, -0.1) is 0 Å². The third-order valence-corrected chi connectivity index (χ3v) is 2.87. The van der Waals surface area contributed by atoms with Gasteiger partial charge in [0.05, 0.1) is 6.10 Å². The summed E-state index contributed by atoms with van der Waals surface area (Å²) in [4.78, 5) is 11.7. The van der Waals surface area contributed by atoms with Crippen molar-refractivity contribution in [2.45, 2.75) is 26.4 Å². The maximum Gasteiger partial charge on any atom is 0.320 e. The maximum absolute atomic E-state index is 11.7. The van der Waals surface area contributed by atoms with E-state index in [2.05, 4.69) is 15.8 Å². The number of ether oxygens (including phenoxy) is 1. The fourth-order valence-corrected chi connectivity index (χ4v) is 1.83. The Labute approximate surface area is 129 Å². The molecule has 1 aromatic carbocycles. The van der Waals surface area contributed by atoms with Crippen molar-refractivity contribution >= 4 is 11.8 Å². The molecule has 0 aliphatic rings. The SMILES string of the molecule is CC(C)OCCCNC(=O)Nc1cc(-c2ccccc2)on1. The molecule has 0 saturated carbocycles. The van der Waals surface area contributed by atoms with Crippen molar-refractivity contribution in [1.29, 1.82) is 0 Å². The highest BCUT2D eigenvalue weighted by atomic mass is 16.5. The predicted molar refractivity (Wildman–Crippen MR) is 84.7 cm³/mol. The van der Waals surface area contributed by atoms with Crippen LogP contribution in [-0.2, 0) is 4.74 Å². The number of anilines is 1. The second-order valence-electron chi connectivity index (χ2n) is 5.10. The Bertz CT molecular complexity index is 581. The summed E-state index contributed by atoms with van der Waals surface area (Å²) < 4.78 is 10.6. The fraction of sp³-hybridized carbons (Fsp3) is 0.375. The van der Waals surface area contributed by atoms with Crippen molar-refractivity contribution in [3.8, 4) is 11.3 Å². The molecular weight excluding hydrogens is 282 g/mol. The van der Waals surface area contributed by atoms with Crippen LogP contribution in [0.25, 0.3) is 11.3 Å². The molecule has 22 heavy (non-hydrogen) atoms. The van der Waals surface area contributed by atoms with Gasteiger partial charge < -0.3 is 14.6 Å². The van der Waals surface area contributed by atoms with E-state index in [4.69, 9.17) is 9.26 Å². The Balaban J connectivity index is 1.74. The van der Waals surface area contributed by atoms with Gasteiger partial charge in [-0.2, -0.15) is 0 Å². The van der Waals surface area contributed by atoms with E-state index in [9.17, 15) is 4.79 Å². The monoisotopic (exact) mass is 303 g/mol. The zero-order chi connectivity index (χ0) is 15.8. The Morgan fingerprint density at radius 2 is 2.09 bits per heavy atom. The van der Waals surface area contributed by atoms with Crippen LogP contribution in [0.2, 0.25) is 0 Å². The summed E-state index contributed by atoms with van der Waals surface area (Å²) in [5.74, 6) is 0.996. The summed E-state index contributed by atoms with van der Waals surface area (Å²) in [6.45, 7) is 5.13. The van der Waals surface area contributed by atoms with Gasteiger partial charge >= 0.3 is 6.03 Å². The number of carbonyl (C=O) groups is 1. The van der Waals surface area contributed by atoms with Crippen molar-refractivity contribution in [3.63, 3.8) is 0 Å². The molecule has 0 fully saturated rings. The molecule has 6 heteroatoms. The van der Waals surface area contributed by atoms with Crippen LogP contribution in [0.4, 0.5) is 10.6 Å². The van der Waals surface area contributed by atoms with Crippen molar-refractivity contribution in [3.05, 3.63) is 36.4 Å². The van der Waals surface area contributed by atoms with E-state index in [0.29, 0.717) is 24.7 Å². The van der Waals surface area contributed by atoms with Crippen LogP contribution >= 0.6 is 0 Å². The quantitative estimate of drug-likeness (QED) is 0.770.